The number of nitrogens with one attached hydrogen (secondary N) is 1. The average molecular weight is 276 g/mol. The number of amides is 1. The number of hydrogen-bond acceptors (Lipinski definition) is 3. The lowest BCUT2D eigenvalue weighted by Crippen LogP contribution is -2.29. The Balaban J connectivity index is 1.77. The third-order valence-electron chi connectivity index (χ3n) is 3.98. The lowest BCUT2D eigenvalue weighted by atomic mass is 9.83. The van der Waals surface area contributed by atoms with Gasteiger partial charge in [-0.3, -0.25) is 4.79 Å². The number of nitrogens with two attached hydrogens (primary N) is 1. The molecule has 110 valence electrons. The van der Waals surface area contributed by atoms with Crippen molar-refractivity contribution in [2.24, 2.45) is 11.7 Å². The lowest BCUT2D eigenvalue weighted by molar-refractivity contribution is -0.126. The molecule has 4 heteroatoms. The van der Waals surface area contributed by atoms with Crippen LogP contribution in [0.1, 0.15) is 38.2 Å². The highest BCUT2D eigenvalue weighted by Crippen LogP contribution is 2.29. The molecule has 1 aromatic rings. The van der Waals surface area contributed by atoms with Crippen molar-refractivity contribution in [3.63, 3.8) is 0 Å². The van der Waals surface area contributed by atoms with Crippen LogP contribution in [0.2, 0.25) is 0 Å². The minimum atomic E-state index is -0.430. The molecular formula is C16H24N2O2. The Labute approximate surface area is 120 Å². The average Bonchev–Trinajstić information content (AvgIpc) is 2.41. The third kappa shape index (κ3) is 4.05. The van der Waals surface area contributed by atoms with Crippen LogP contribution in [0, 0.1) is 5.92 Å². The molecule has 1 atom stereocenters. The number of benzene rings is 1. The summed E-state index contributed by atoms with van der Waals surface area (Å²) in [5.41, 5.74) is 7.36. The van der Waals surface area contributed by atoms with Crippen LogP contribution in [0.5, 0.6) is 0 Å². The smallest absolute Gasteiger partial charge is 0.253 e. The molecule has 1 aliphatic rings. The predicted molar refractivity (Wildman–Crippen MR) is 80.3 cm³/mol. The Morgan fingerprint density at radius 1 is 1.45 bits per heavy atom. The van der Waals surface area contributed by atoms with E-state index in [2.05, 4.69) is 5.32 Å². The van der Waals surface area contributed by atoms with E-state index in [4.69, 9.17) is 10.5 Å². The van der Waals surface area contributed by atoms with Gasteiger partial charge in [-0.25, -0.2) is 0 Å². The van der Waals surface area contributed by atoms with E-state index in [1.165, 1.54) is 19.3 Å². The molecule has 1 unspecified atom stereocenters. The molecular weight excluding hydrogens is 252 g/mol. The molecule has 0 heterocycles. The van der Waals surface area contributed by atoms with Crippen LogP contribution in [0.25, 0.3) is 0 Å². The van der Waals surface area contributed by atoms with Crippen LogP contribution >= 0.6 is 0 Å². The summed E-state index contributed by atoms with van der Waals surface area (Å²) in [6.07, 6.45) is 4.61. The van der Waals surface area contributed by atoms with Crippen LogP contribution in [-0.2, 0) is 16.1 Å². The van der Waals surface area contributed by atoms with Gasteiger partial charge in [0.1, 0.15) is 6.10 Å². The Bertz CT molecular complexity index is 444. The van der Waals surface area contributed by atoms with Gasteiger partial charge in [-0.05, 0) is 30.9 Å². The van der Waals surface area contributed by atoms with Crippen molar-refractivity contribution in [2.75, 3.05) is 11.9 Å². The number of hydrogen-bond donors (Lipinski definition) is 2. The molecule has 1 amide bonds. The van der Waals surface area contributed by atoms with E-state index < -0.39 is 6.10 Å². The minimum absolute atomic E-state index is 0.112. The molecule has 0 spiro atoms. The van der Waals surface area contributed by atoms with E-state index in [0.29, 0.717) is 13.2 Å². The molecule has 0 bridgehead atoms. The van der Waals surface area contributed by atoms with Crippen LogP contribution < -0.4 is 11.1 Å². The fourth-order valence-corrected chi connectivity index (χ4v) is 2.32. The summed E-state index contributed by atoms with van der Waals surface area (Å²) < 4.78 is 5.61. The first kappa shape index (κ1) is 15.0. The minimum Gasteiger partial charge on any atom is -0.369 e. The van der Waals surface area contributed by atoms with Gasteiger partial charge in [-0.2, -0.15) is 0 Å². The van der Waals surface area contributed by atoms with Crippen LogP contribution in [0.4, 0.5) is 5.69 Å². The van der Waals surface area contributed by atoms with Crippen molar-refractivity contribution >= 4 is 11.6 Å². The first-order valence-electron chi connectivity index (χ1n) is 7.41. The maximum Gasteiger partial charge on any atom is 0.253 e. The quantitative estimate of drug-likeness (QED) is 0.804. The van der Waals surface area contributed by atoms with Gasteiger partial charge in [-0.15, -0.1) is 0 Å². The highest BCUT2D eigenvalue weighted by Gasteiger charge is 2.19. The maximum absolute atomic E-state index is 12.1. The van der Waals surface area contributed by atoms with E-state index in [1.54, 1.807) is 6.92 Å². The van der Waals surface area contributed by atoms with Gasteiger partial charge >= 0.3 is 0 Å². The first-order valence-corrected chi connectivity index (χ1v) is 7.41. The molecule has 0 radical (unpaired) electrons. The molecule has 20 heavy (non-hydrogen) atoms. The van der Waals surface area contributed by atoms with E-state index in [0.717, 1.165) is 23.6 Å². The van der Waals surface area contributed by atoms with Crippen molar-refractivity contribution in [1.82, 2.24) is 0 Å². The van der Waals surface area contributed by atoms with Crippen molar-refractivity contribution < 1.29 is 9.53 Å². The normalized spacial score (nSPS) is 16.5. The highest BCUT2D eigenvalue weighted by atomic mass is 16.5. The Kier molecular flexibility index (Phi) is 5.56. The van der Waals surface area contributed by atoms with Crippen LogP contribution in [0.3, 0.4) is 0 Å². The largest absolute Gasteiger partial charge is 0.369 e. The molecule has 1 fully saturated rings. The van der Waals surface area contributed by atoms with E-state index in [1.807, 2.05) is 24.3 Å². The summed E-state index contributed by atoms with van der Waals surface area (Å²) in [5, 5.41) is 2.88. The van der Waals surface area contributed by atoms with Gasteiger partial charge in [0, 0.05) is 18.8 Å². The molecule has 4 nitrogen and oxygen atoms in total. The summed E-state index contributed by atoms with van der Waals surface area (Å²) in [4.78, 5) is 12.1. The maximum atomic E-state index is 12.1. The number of para-hydroxylation sites is 1. The lowest BCUT2D eigenvalue weighted by Gasteiger charge is -2.25. The molecule has 0 aromatic heterocycles. The van der Waals surface area contributed by atoms with Crippen molar-refractivity contribution in [2.45, 2.75) is 45.3 Å². The molecule has 2 rings (SSSR count). The van der Waals surface area contributed by atoms with E-state index >= 15 is 0 Å². The van der Waals surface area contributed by atoms with E-state index in [9.17, 15) is 4.79 Å². The summed E-state index contributed by atoms with van der Waals surface area (Å²) in [5.74, 6) is 0.697. The molecule has 1 aromatic carbocycles. The Hall–Kier alpha value is -1.39. The van der Waals surface area contributed by atoms with Gasteiger partial charge < -0.3 is 15.8 Å². The van der Waals surface area contributed by atoms with Crippen molar-refractivity contribution in [3.05, 3.63) is 29.8 Å². The zero-order chi connectivity index (χ0) is 14.4. The molecule has 1 aliphatic carbocycles. The first-order chi connectivity index (χ1) is 9.70. The van der Waals surface area contributed by atoms with Crippen molar-refractivity contribution in [1.29, 1.82) is 0 Å². The standard InChI is InChI=1S/C16H24N2O2/c1-12(20-10-9-13-5-4-6-13)16(19)18-15-8-3-2-7-14(15)11-17/h2-3,7-8,12-13H,4-6,9-11,17H2,1H3,(H,18,19). The second-order valence-corrected chi connectivity index (χ2v) is 5.45. The predicted octanol–water partition coefficient (Wildman–Crippen LogP) is 2.68. The number of ether oxygens (including phenoxy) is 1. The molecule has 1 saturated carbocycles. The second-order valence-electron chi connectivity index (χ2n) is 5.45. The third-order valence-corrected chi connectivity index (χ3v) is 3.98. The van der Waals surface area contributed by atoms with Gasteiger partial charge in [0.2, 0.25) is 0 Å². The highest BCUT2D eigenvalue weighted by molar-refractivity contribution is 5.94. The fourth-order valence-electron chi connectivity index (χ4n) is 2.32. The molecule has 3 N–H and O–H groups in total. The van der Waals surface area contributed by atoms with Gasteiger partial charge in [-0.1, -0.05) is 37.5 Å². The van der Waals surface area contributed by atoms with Crippen LogP contribution in [0.15, 0.2) is 24.3 Å². The fraction of sp³-hybridized carbons (Fsp3) is 0.562. The summed E-state index contributed by atoms with van der Waals surface area (Å²) in [6.45, 7) is 2.87. The summed E-state index contributed by atoms with van der Waals surface area (Å²) in [6, 6.07) is 7.58. The zero-order valence-electron chi connectivity index (χ0n) is 12.1. The second kappa shape index (κ2) is 7.41. The van der Waals surface area contributed by atoms with E-state index in [-0.39, 0.29) is 5.91 Å². The number of anilines is 1. The van der Waals surface area contributed by atoms with Gasteiger partial charge in [0.25, 0.3) is 5.91 Å². The molecule has 0 saturated heterocycles. The van der Waals surface area contributed by atoms with Gasteiger partial charge in [0.05, 0.1) is 0 Å². The Morgan fingerprint density at radius 3 is 2.85 bits per heavy atom. The van der Waals surface area contributed by atoms with Gasteiger partial charge in [0.15, 0.2) is 0 Å². The van der Waals surface area contributed by atoms with Crippen LogP contribution in [-0.4, -0.2) is 18.6 Å². The molecule has 0 aliphatic heterocycles. The topological polar surface area (TPSA) is 64.3 Å². The monoisotopic (exact) mass is 276 g/mol. The van der Waals surface area contributed by atoms with Crippen molar-refractivity contribution in [3.8, 4) is 0 Å². The SMILES string of the molecule is CC(OCCC1CCC1)C(=O)Nc1ccccc1CN. The Morgan fingerprint density at radius 2 is 2.20 bits per heavy atom. The zero-order valence-corrected chi connectivity index (χ0v) is 12.1. The summed E-state index contributed by atoms with van der Waals surface area (Å²) in [7, 11) is 0. The number of carbonyl (C=O) groups is 1. The number of carbonyl (C=O) groups excluding carboxylic acids is 1. The summed E-state index contributed by atoms with van der Waals surface area (Å²) >= 11 is 0. The number of rotatable bonds is 7.